The van der Waals surface area contributed by atoms with Crippen LogP contribution in [0, 0.1) is 5.92 Å². The largest absolute Gasteiger partial charge is 0.326 e. The molecule has 16 heavy (non-hydrogen) atoms. The van der Waals surface area contributed by atoms with Crippen LogP contribution in [0.3, 0.4) is 0 Å². The zero-order valence-corrected chi connectivity index (χ0v) is 10.4. The maximum Gasteiger partial charge on any atom is 0.0527 e. The van der Waals surface area contributed by atoms with E-state index in [2.05, 4.69) is 41.5 Å². The molecule has 1 saturated heterocycles. The molecule has 2 N–H and O–H groups in total. The molecule has 0 aromatic carbocycles. The number of hydrogen-bond donors (Lipinski definition) is 1. The van der Waals surface area contributed by atoms with Crippen molar-refractivity contribution in [2.45, 2.75) is 39.4 Å². The van der Waals surface area contributed by atoms with Gasteiger partial charge >= 0.3 is 0 Å². The van der Waals surface area contributed by atoms with Crippen molar-refractivity contribution < 1.29 is 0 Å². The third-order valence-electron chi connectivity index (χ3n) is 3.37. The van der Waals surface area contributed by atoms with Crippen molar-refractivity contribution in [1.29, 1.82) is 0 Å². The first kappa shape index (κ1) is 11.6. The molecule has 0 bridgehead atoms. The molecule has 0 amide bonds. The quantitative estimate of drug-likeness (QED) is 0.837. The molecule has 1 aliphatic rings. The van der Waals surface area contributed by atoms with E-state index < -0.39 is 0 Å². The molecule has 1 aromatic heterocycles. The summed E-state index contributed by atoms with van der Waals surface area (Å²) in [5, 5.41) is 4.35. The van der Waals surface area contributed by atoms with Crippen LogP contribution in [0.5, 0.6) is 0 Å². The van der Waals surface area contributed by atoms with Gasteiger partial charge in [-0.05, 0) is 25.8 Å². The number of hydrogen-bond acceptors (Lipinski definition) is 3. The van der Waals surface area contributed by atoms with Gasteiger partial charge in [0.2, 0.25) is 0 Å². The fourth-order valence-corrected chi connectivity index (χ4v) is 2.39. The summed E-state index contributed by atoms with van der Waals surface area (Å²) in [4.78, 5) is 2.42. The summed E-state index contributed by atoms with van der Waals surface area (Å²) < 4.78 is 2.09. The highest BCUT2D eigenvalue weighted by molar-refractivity contribution is 5.02. The van der Waals surface area contributed by atoms with Gasteiger partial charge in [-0.3, -0.25) is 9.58 Å². The van der Waals surface area contributed by atoms with Gasteiger partial charge in [0.05, 0.1) is 5.69 Å². The predicted octanol–water partition coefficient (Wildman–Crippen LogP) is 1.24. The van der Waals surface area contributed by atoms with Crippen LogP contribution in [0.1, 0.15) is 32.5 Å². The summed E-state index contributed by atoms with van der Waals surface area (Å²) >= 11 is 0. The van der Waals surface area contributed by atoms with Crippen LogP contribution >= 0.6 is 0 Å². The minimum atomic E-state index is 0.329. The highest BCUT2D eigenvalue weighted by atomic mass is 15.3. The highest BCUT2D eigenvalue weighted by Gasteiger charge is 2.27. The van der Waals surface area contributed by atoms with Gasteiger partial charge in [-0.25, -0.2) is 0 Å². The summed E-state index contributed by atoms with van der Waals surface area (Å²) in [5.41, 5.74) is 7.32. The third-order valence-corrected chi connectivity index (χ3v) is 3.37. The Bertz CT molecular complexity index is 335. The van der Waals surface area contributed by atoms with E-state index in [9.17, 15) is 0 Å². The molecule has 0 spiro atoms. The Balaban J connectivity index is 2.02. The van der Waals surface area contributed by atoms with Crippen LogP contribution in [-0.4, -0.2) is 33.8 Å². The molecule has 4 heteroatoms. The van der Waals surface area contributed by atoms with Crippen LogP contribution < -0.4 is 5.73 Å². The lowest BCUT2D eigenvalue weighted by atomic mass is 10.1. The summed E-state index contributed by atoms with van der Waals surface area (Å²) in [5.74, 6) is 0.607. The Morgan fingerprint density at radius 2 is 2.25 bits per heavy atom. The van der Waals surface area contributed by atoms with Crippen LogP contribution in [0.2, 0.25) is 0 Å². The Morgan fingerprint density at radius 1 is 1.50 bits per heavy atom. The topological polar surface area (TPSA) is 47.1 Å². The zero-order chi connectivity index (χ0) is 11.7. The van der Waals surface area contributed by atoms with Gasteiger partial charge in [0.25, 0.3) is 0 Å². The Kier molecular flexibility index (Phi) is 3.30. The second-order valence-corrected chi connectivity index (χ2v) is 5.20. The van der Waals surface area contributed by atoms with E-state index >= 15 is 0 Å². The second kappa shape index (κ2) is 4.55. The molecule has 2 heterocycles. The summed E-state index contributed by atoms with van der Waals surface area (Å²) in [6, 6.07) is 2.86. The molecule has 2 atom stereocenters. The van der Waals surface area contributed by atoms with Crippen molar-refractivity contribution in [2.75, 3.05) is 13.1 Å². The first-order chi connectivity index (χ1) is 7.58. The number of aromatic nitrogens is 2. The molecular formula is C12H22N4. The molecule has 0 radical (unpaired) electrons. The van der Waals surface area contributed by atoms with Crippen molar-refractivity contribution in [1.82, 2.24) is 14.7 Å². The number of nitrogens with two attached hydrogens (primary N) is 1. The Morgan fingerprint density at radius 3 is 2.81 bits per heavy atom. The normalized spacial score (nSPS) is 26.8. The molecule has 1 fully saturated rings. The molecule has 4 nitrogen and oxygen atoms in total. The van der Waals surface area contributed by atoms with E-state index in [0.29, 0.717) is 18.0 Å². The van der Waals surface area contributed by atoms with Gasteiger partial charge < -0.3 is 5.73 Å². The molecule has 2 rings (SSSR count). The van der Waals surface area contributed by atoms with Crippen molar-refractivity contribution >= 4 is 0 Å². The molecule has 1 aromatic rings. The van der Waals surface area contributed by atoms with Crippen molar-refractivity contribution in [3.8, 4) is 0 Å². The Hall–Kier alpha value is -0.870. The van der Waals surface area contributed by atoms with Crippen LogP contribution in [-0.2, 0) is 6.54 Å². The van der Waals surface area contributed by atoms with Crippen molar-refractivity contribution in [3.05, 3.63) is 18.0 Å². The smallest absolute Gasteiger partial charge is 0.0527 e. The molecule has 0 aliphatic carbocycles. The van der Waals surface area contributed by atoms with E-state index in [1.807, 2.05) is 6.20 Å². The summed E-state index contributed by atoms with van der Waals surface area (Å²) in [6.45, 7) is 9.62. The van der Waals surface area contributed by atoms with Crippen LogP contribution in [0.4, 0.5) is 0 Å². The van der Waals surface area contributed by atoms with E-state index in [1.54, 1.807) is 0 Å². The molecule has 90 valence electrons. The van der Waals surface area contributed by atoms with Gasteiger partial charge in [0.1, 0.15) is 0 Å². The summed E-state index contributed by atoms with van der Waals surface area (Å²) in [7, 11) is 0. The fourth-order valence-electron chi connectivity index (χ4n) is 2.39. The van der Waals surface area contributed by atoms with Crippen molar-refractivity contribution in [3.63, 3.8) is 0 Å². The maximum atomic E-state index is 6.03. The number of likely N-dealkylation sites (tertiary alicyclic amines) is 1. The van der Waals surface area contributed by atoms with Gasteiger partial charge in [-0.2, -0.15) is 5.10 Å². The van der Waals surface area contributed by atoms with Gasteiger partial charge in [0.15, 0.2) is 0 Å². The lowest BCUT2D eigenvalue weighted by Crippen LogP contribution is -2.28. The minimum Gasteiger partial charge on any atom is -0.326 e. The van der Waals surface area contributed by atoms with Gasteiger partial charge in [-0.15, -0.1) is 0 Å². The monoisotopic (exact) mass is 222 g/mol. The standard InChI is InChI=1S/C12H22N4/c1-9(2)16-11(4-5-14-16)7-15-6-10(3)12(13)8-15/h4-5,9-10,12H,6-8,13H2,1-3H3. The molecule has 2 unspecified atom stereocenters. The van der Waals surface area contributed by atoms with Gasteiger partial charge in [0, 0.05) is 37.9 Å². The highest BCUT2D eigenvalue weighted by Crippen LogP contribution is 2.18. The second-order valence-electron chi connectivity index (χ2n) is 5.20. The molecule has 1 aliphatic heterocycles. The first-order valence-electron chi connectivity index (χ1n) is 6.08. The number of nitrogens with zero attached hydrogens (tertiary/aromatic N) is 3. The predicted molar refractivity (Wildman–Crippen MR) is 65.0 cm³/mol. The first-order valence-corrected chi connectivity index (χ1v) is 6.08. The van der Waals surface area contributed by atoms with Gasteiger partial charge in [-0.1, -0.05) is 6.92 Å². The average Bonchev–Trinajstić information content (AvgIpc) is 2.75. The zero-order valence-electron chi connectivity index (χ0n) is 10.4. The lowest BCUT2D eigenvalue weighted by Gasteiger charge is -2.17. The van der Waals surface area contributed by atoms with Crippen molar-refractivity contribution in [2.24, 2.45) is 11.7 Å². The van der Waals surface area contributed by atoms with Crippen LogP contribution in [0.25, 0.3) is 0 Å². The Labute approximate surface area is 97.4 Å². The van der Waals surface area contributed by atoms with E-state index in [4.69, 9.17) is 5.73 Å². The van der Waals surface area contributed by atoms with E-state index in [0.717, 1.165) is 19.6 Å². The maximum absolute atomic E-state index is 6.03. The SMILES string of the molecule is CC1CN(Cc2ccnn2C(C)C)CC1N. The molecule has 0 saturated carbocycles. The third kappa shape index (κ3) is 2.28. The lowest BCUT2D eigenvalue weighted by molar-refractivity contribution is 0.303. The fraction of sp³-hybridized carbons (Fsp3) is 0.750. The summed E-state index contributed by atoms with van der Waals surface area (Å²) in [6.07, 6.45) is 1.88. The average molecular weight is 222 g/mol. The van der Waals surface area contributed by atoms with E-state index in [1.165, 1.54) is 5.69 Å². The minimum absolute atomic E-state index is 0.329. The van der Waals surface area contributed by atoms with Crippen LogP contribution in [0.15, 0.2) is 12.3 Å². The van der Waals surface area contributed by atoms with E-state index in [-0.39, 0.29) is 0 Å². The molecular weight excluding hydrogens is 200 g/mol. The number of rotatable bonds is 3.